The number of carbonyl (C=O) groups excluding carboxylic acids is 1. The highest BCUT2D eigenvalue weighted by molar-refractivity contribution is 7.92. The van der Waals surface area contributed by atoms with Crippen molar-refractivity contribution in [1.82, 2.24) is 9.47 Å². The number of likely N-dealkylation sites (tertiary alicyclic amines) is 1. The first-order valence-electron chi connectivity index (χ1n) is 9.16. The van der Waals surface area contributed by atoms with Gasteiger partial charge in [0.2, 0.25) is 5.91 Å². The van der Waals surface area contributed by atoms with Gasteiger partial charge in [0, 0.05) is 42.3 Å². The second kappa shape index (κ2) is 7.26. The predicted molar refractivity (Wildman–Crippen MR) is 110 cm³/mol. The van der Waals surface area contributed by atoms with Gasteiger partial charge in [-0.2, -0.15) is 0 Å². The third-order valence-electron chi connectivity index (χ3n) is 5.40. The number of hydrogen-bond acceptors (Lipinski definition) is 3. The molecule has 28 heavy (non-hydrogen) atoms. The number of fused-ring (bicyclic) bond motifs is 1. The van der Waals surface area contributed by atoms with Crippen LogP contribution in [-0.2, 0) is 28.1 Å². The first kappa shape index (κ1) is 19.0. The fraction of sp³-hybridized carbons (Fsp3) is 0.286. The average Bonchev–Trinajstić information content (AvgIpc) is 3.29. The Hall–Kier alpha value is -2.31. The van der Waals surface area contributed by atoms with Gasteiger partial charge < -0.3 is 9.47 Å². The van der Waals surface area contributed by atoms with Crippen LogP contribution in [0, 0.1) is 0 Å². The van der Waals surface area contributed by atoms with E-state index in [-0.39, 0.29) is 23.8 Å². The Morgan fingerprint density at radius 1 is 1.14 bits per heavy atom. The first-order chi connectivity index (χ1) is 13.4. The molecule has 1 atom stereocenters. The van der Waals surface area contributed by atoms with Crippen LogP contribution in [0.25, 0.3) is 10.9 Å². The quantitative estimate of drug-likeness (QED) is 0.654. The molecule has 146 valence electrons. The van der Waals surface area contributed by atoms with Gasteiger partial charge in [-0.1, -0.05) is 29.8 Å². The minimum Gasteiger partial charge on any atom is -0.350 e. The molecule has 1 aromatic heterocycles. The zero-order valence-electron chi connectivity index (χ0n) is 15.5. The maximum atomic E-state index is 12.9. The van der Waals surface area contributed by atoms with Crippen molar-refractivity contribution in [2.45, 2.75) is 23.0 Å². The third kappa shape index (κ3) is 3.42. The molecule has 5 nitrogen and oxygen atoms in total. The largest absolute Gasteiger partial charge is 0.350 e. The maximum absolute atomic E-state index is 12.9. The second-order valence-corrected chi connectivity index (χ2v) is 9.87. The number of benzene rings is 2. The highest BCUT2D eigenvalue weighted by Gasteiger charge is 2.36. The lowest BCUT2D eigenvalue weighted by Gasteiger charge is -2.17. The molecule has 1 aliphatic rings. The molecule has 0 unspecified atom stereocenters. The lowest BCUT2D eigenvalue weighted by Crippen LogP contribution is -2.32. The normalized spacial score (nSPS) is 17.4. The number of aromatic nitrogens is 1. The number of aryl methyl sites for hydroxylation is 1. The Kier molecular flexibility index (Phi) is 4.93. The monoisotopic (exact) mass is 416 g/mol. The van der Waals surface area contributed by atoms with Crippen molar-refractivity contribution in [1.29, 1.82) is 0 Å². The zero-order valence-corrected chi connectivity index (χ0v) is 17.1. The average molecular weight is 417 g/mol. The molecule has 0 bridgehead atoms. The van der Waals surface area contributed by atoms with Crippen molar-refractivity contribution in [2.75, 3.05) is 13.1 Å². The van der Waals surface area contributed by atoms with Gasteiger partial charge in [-0.15, -0.1) is 0 Å². The number of sulfone groups is 1. The number of halogens is 1. The number of nitrogens with zero attached hydrogens (tertiary/aromatic N) is 2. The van der Waals surface area contributed by atoms with E-state index >= 15 is 0 Å². The Morgan fingerprint density at radius 2 is 1.86 bits per heavy atom. The Morgan fingerprint density at radius 3 is 2.61 bits per heavy atom. The van der Waals surface area contributed by atoms with Gasteiger partial charge in [-0.05, 0) is 42.3 Å². The minimum absolute atomic E-state index is 0.0369. The number of para-hydroxylation sites is 1. The molecule has 1 aliphatic heterocycles. The molecule has 2 aromatic carbocycles. The molecular weight excluding hydrogens is 396 g/mol. The highest BCUT2D eigenvalue weighted by atomic mass is 35.5. The molecule has 3 aromatic rings. The summed E-state index contributed by atoms with van der Waals surface area (Å²) < 4.78 is 27.7. The standard InChI is InChI=1S/C21H21ClN2O3S/c1-23-13-15(19-4-2-3-5-20(19)23)12-21(25)24-11-10-18(14-24)28(26,27)17-8-6-16(22)7-9-17/h2-9,13,18H,10-12,14H2,1H3/t18-/m1/s1. The van der Waals surface area contributed by atoms with E-state index in [4.69, 9.17) is 11.6 Å². The molecule has 0 saturated carbocycles. The van der Waals surface area contributed by atoms with Gasteiger partial charge >= 0.3 is 0 Å². The Balaban J connectivity index is 1.49. The summed E-state index contributed by atoms with van der Waals surface area (Å²) in [5.74, 6) is -0.0369. The van der Waals surface area contributed by atoms with Gasteiger partial charge in [0.1, 0.15) is 0 Å². The van der Waals surface area contributed by atoms with Crippen molar-refractivity contribution in [3.63, 3.8) is 0 Å². The van der Waals surface area contributed by atoms with Crippen molar-refractivity contribution < 1.29 is 13.2 Å². The predicted octanol–water partition coefficient (Wildman–Crippen LogP) is 3.45. The van der Waals surface area contributed by atoms with E-state index in [1.807, 2.05) is 42.1 Å². The highest BCUT2D eigenvalue weighted by Crippen LogP contribution is 2.26. The van der Waals surface area contributed by atoms with Crippen LogP contribution in [0.3, 0.4) is 0 Å². The van der Waals surface area contributed by atoms with E-state index in [1.54, 1.807) is 17.0 Å². The summed E-state index contributed by atoms with van der Waals surface area (Å²) in [5.41, 5.74) is 2.04. The SMILES string of the molecule is Cn1cc(CC(=O)N2CC[C@@H](S(=O)(=O)c3ccc(Cl)cc3)C2)c2ccccc21. The molecule has 1 fully saturated rings. The van der Waals surface area contributed by atoms with Crippen LogP contribution in [0.5, 0.6) is 0 Å². The molecule has 1 saturated heterocycles. The molecule has 0 radical (unpaired) electrons. The van der Waals surface area contributed by atoms with Crippen LogP contribution in [0.1, 0.15) is 12.0 Å². The summed E-state index contributed by atoms with van der Waals surface area (Å²) in [5, 5.41) is 0.977. The Labute approximate surface area is 169 Å². The minimum atomic E-state index is -3.48. The van der Waals surface area contributed by atoms with Crippen molar-refractivity contribution in [2.24, 2.45) is 7.05 Å². The summed E-state index contributed by atoms with van der Waals surface area (Å²) in [6.07, 6.45) is 2.70. The first-order valence-corrected chi connectivity index (χ1v) is 11.1. The fourth-order valence-corrected chi connectivity index (χ4v) is 5.68. The summed E-state index contributed by atoms with van der Waals surface area (Å²) in [6, 6.07) is 14.2. The summed E-state index contributed by atoms with van der Waals surface area (Å²) >= 11 is 5.86. The van der Waals surface area contributed by atoms with Gasteiger partial charge in [0.05, 0.1) is 16.6 Å². The van der Waals surface area contributed by atoms with Crippen molar-refractivity contribution in [3.8, 4) is 0 Å². The number of carbonyl (C=O) groups is 1. The third-order valence-corrected chi connectivity index (χ3v) is 7.84. The van der Waals surface area contributed by atoms with Crippen LogP contribution in [0.15, 0.2) is 59.6 Å². The van der Waals surface area contributed by atoms with Gasteiger partial charge in [0.25, 0.3) is 0 Å². The second-order valence-electron chi connectivity index (χ2n) is 7.21. The molecule has 0 spiro atoms. The van der Waals surface area contributed by atoms with Crippen LogP contribution >= 0.6 is 11.6 Å². The van der Waals surface area contributed by atoms with E-state index in [0.717, 1.165) is 16.5 Å². The van der Waals surface area contributed by atoms with E-state index in [1.165, 1.54) is 12.1 Å². The lowest BCUT2D eigenvalue weighted by molar-refractivity contribution is -0.129. The topological polar surface area (TPSA) is 59.4 Å². The van der Waals surface area contributed by atoms with E-state index in [2.05, 4.69) is 0 Å². The van der Waals surface area contributed by atoms with E-state index in [9.17, 15) is 13.2 Å². The Bertz CT molecular complexity index is 1140. The van der Waals surface area contributed by atoms with Gasteiger partial charge in [-0.25, -0.2) is 8.42 Å². The van der Waals surface area contributed by atoms with Crippen molar-refractivity contribution >= 4 is 38.2 Å². The van der Waals surface area contributed by atoms with E-state index in [0.29, 0.717) is 18.0 Å². The zero-order chi connectivity index (χ0) is 19.9. The fourth-order valence-electron chi connectivity index (χ4n) is 3.87. The van der Waals surface area contributed by atoms with Gasteiger partial charge in [-0.3, -0.25) is 4.79 Å². The van der Waals surface area contributed by atoms with E-state index < -0.39 is 15.1 Å². The summed E-state index contributed by atoms with van der Waals surface area (Å²) in [7, 11) is -1.52. The molecule has 4 rings (SSSR count). The lowest BCUT2D eigenvalue weighted by atomic mass is 10.1. The molecule has 0 N–H and O–H groups in total. The number of hydrogen-bond donors (Lipinski definition) is 0. The van der Waals surface area contributed by atoms with Crippen molar-refractivity contribution in [3.05, 3.63) is 65.3 Å². The molecular formula is C21H21ClN2O3S. The van der Waals surface area contributed by atoms with Crippen LogP contribution in [-0.4, -0.2) is 42.1 Å². The number of amides is 1. The molecule has 7 heteroatoms. The van der Waals surface area contributed by atoms with Crippen LogP contribution in [0.4, 0.5) is 0 Å². The molecule has 0 aliphatic carbocycles. The smallest absolute Gasteiger partial charge is 0.227 e. The maximum Gasteiger partial charge on any atom is 0.227 e. The summed E-state index contributed by atoms with van der Waals surface area (Å²) in [4.78, 5) is 14.7. The van der Waals surface area contributed by atoms with Crippen LogP contribution < -0.4 is 0 Å². The van der Waals surface area contributed by atoms with Gasteiger partial charge in [0.15, 0.2) is 9.84 Å². The van der Waals surface area contributed by atoms with Crippen LogP contribution in [0.2, 0.25) is 5.02 Å². The summed E-state index contributed by atoms with van der Waals surface area (Å²) in [6.45, 7) is 0.690. The molecule has 1 amide bonds. The number of rotatable bonds is 4. The molecule has 2 heterocycles.